The molecule has 0 aliphatic rings. The van der Waals surface area contributed by atoms with Crippen LogP contribution < -0.4 is 0 Å². The molecule has 0 bridgehead atoms. The van der Waals surface area contributed by atoms with Crippen LogP contribution in [0.2, 0.25) is 0 Å². The Labute approximate surface area is 78.7 Å². The first kappa shape index (κ1) is 15.3. The molecule has 7 heteroatoms. The van der Waals surface area contributed by atoms with Gasteiger partial charge in [-0.1, -0.05) is 13.8 Å². The van der Waals surface area contributed by atoms with Crippen molar-refractivity contribution in [2.75, 3.05) is 26.3 Å². The summed E-state index contributed by atoms with van der Waals surface area (Å²) in [5.74, 6) is 0. The number of aliphatic hydroxyl groups is 2. The summed E-state index contributed by atoms with van der Waals surface area (Å²) < 4.78 is 29.7. The van der Waals surface area contributed by atoms with Crippen molar-refractivity contribution in [1.82, 2.24) is 4.31 Å². The van der Waals surface area contributed by atoms with Crippen molar-refractivity contribution in [1.29, 1.82) is 0 Å². The third-order valence-corrected chi connectivity index (χ3v) is 2.04. The highest BCUT2D eigenvalue weighted by molar-refractivity contribution is 7.83. The summed E-state index contributed by atoms with van der Waals surface area (Å²) in [6, 6.07) is 0. The smallest absolute Gasteiger partial charge is 0.336 e. The molecular weight excluding hydrogens is 198 g/mol. The fraction of sp³-hybridized carbons (Fsp3) is 1.00. The molecule has 0 heterocycles. The second-order valence-electron chi connectivity index (χ2n) is 1.82. The van der Waals surface area contributed by atoms with Gasteiger partial charge in [0, 0.05) is 13.1 Å². The molecule has 0 aromatic carbocycles. The highest BCUT2D eigenvalue weighted by Crippen LogP contribution is 1.94. The third-order valence-electron chi connectivity index (χ3n) is 1.03. The fourth-order valence-corrected chi connectivity index (χ4v) is 1.19. The molecule has 0 radical (unpaired) electrons. The van der Waals surface area contributed by atoms with E-state index in [4.69, 9.17) is 14.8 Å². The summed E-state index contributed by atoms with van der Waals surface area (Å²) >= 11 is 0. The summed E-state index contributed by atoms with van der Waals surface area (Å²) in [6.07, 6.45) is 0. The minimum absolute atomic E-state index is 0.209. The topological polar surface area (TPSA) is 98.1 Å². The van der Waals surface area contributed by atoms with Crippen molar-refractivity contribution in [3.63, 3.8) is 0 Å². The summed E-state index contributed by atoms with van der Waals surface area (Å²) in [6.45, 7) is 2.80. The molecule has 0 fully saturated rings. The molecule has 6 nitrogen and oxygen atoms in total. The van der Waals surface area contributed by atoms with E-state index in [0.717, 1.165) is 0 Å². The van der Waals surface area contributed by atoms with E-state index >= 15 is 0 Å². The van der Waals surface area contributed by atoms with Gasteiger partial charge in [0.05, 0.1) is 13.2 Å². The van der Waals surface area contributed by atoms with Crippen LogP contribution >= 0.6 is 0 Å². The molecule has 0 atom stereocenters. The normalized spacial score (nSPS) is 10.9. The van der Waals surface area contributed by atoms with E-state index in [1.807, 2.05) is 13.8 Å². The Hall–Kier alpha value is -0.210. The maximum atomic E-state index is 10.4. The predicted octanol–water partition coefficient (Wildman–Crippen LogP) is -0.898. The van der Waals surface area contributed by atoms with Crippen LogP contribution in [-0.2, 0) is 10.3 Å². The average molecular weight is 215 g/mol. The molecule has 82 valence electrons. The highest BCUT2D eigenvalue weighted by atomic mass is 32.2. The largest absolute Gasteiger partial charge is 0.395 e. The van der Waals surface area contributed by atoms with Crippen LogP contribution in [0.5, 0.6) is 0 Å². The summed E-state index contributed by atoms with van der Waals surface area (Å²) in [4.78, 5) is 0. The van der Waals surface area contributed by atoms with E-state index in [1.165, 1.54) is 0 Å². The second-order valence-corrected chi connectivity index (χ2v) is 3.24. The van der Waals surface area contributed by atoms with Crippen LogP contribution in [0.1, 0.15) is 13.8 Å². The van der Waals surface area contributed by atoms with Gasteiger partial charge in [-0.25, -0.2) is 0 Å². The van der Waals surface area contributed by atoms with Crippen molar-refractivity contribution < 1.29 is 23.2 Å². The van der Waals surface area contributed by atoms with E-state index in [-0.39, 0.29) is 26.3 Å². The van der Waals surface area contributed by atoms with Crippen molar-refractivity contribution in [3.05, 3.63) is 0 Å². The van der Waals surface area contributed by atoms with Crippen molar-refractivity contribution in [3.8, 4) is 0 Å². The fourth-order valence-electron chi connectivity index (χ4n) is 0.566. The maximum Gasteiger partial charge on any atom is 0.336 e. The van der Waals surface area contributed by atoms with E-state index in [0.29, 0.717) is 4.31 Å². The summed E-state index contributed by atoms with van der Waals surface area (Å²) in [7, 11) is -4.28. The Morgan fingerprint density at radius 1 is 1.08 bits per heavy atom. The van der Waals surface area contributed by atoms with Crippen molar-refractivity contribution in [2.24, 2.45) is 0 Å². The third kappa shape index (κ3) is 8.13. The molecule has 0 spiro atoms. The second kappa shape index (κ2) is 8.39. The molecule has 0 aromatic rings. The van der Waals surface area contributed by atoms with E-state index in [1.54, 1.807) is 0 Å². The Morgan fingerprint density at radius 2 is 1.38 bits per heavy atom. The van der Waals surface area contributed by atoms with Crippen molar-refractivity contribution in [2.45, 2.75) is 13.8 Å². The van der Waals surface area contributed by atoms with Crippen LogP contribution in [0.15, 0.2) is 0 Å². The molecule has 13 heavy (non-hydrogen) atoms. The molecule has 3 N–H and O–H groups in total. The Kier molecular flexibility index (Phi) is 9.86. The molecule has 0 aliphatic heterocycles. The van der Waals surface area contributed by atoms with Gasteiger partial charge in [-0.15, -0.1) is 0 Å². The van der Waals surface area contributed by atoms with Crippen LogP contribution in [0.3, 0.4) is 0 Å². The van der Waals surface area contributed by atoms with Crippen LogP contribution in [0.25, 0.3) is 0 Å². The van der Waals surface area contributed by atoms with Gasteiger partial charge in [-0.05, 0) is 0 Å². The number of rotatable bonds is 5. The molecular formula is C6H17NO5S. The molecule has 0 rings (SSSR count). The minimum Gasteiger partial charge on any atom is -0.395 e. The monoisotopic (exact) mass is 215 g/mol. The maximum absolute atomic E-state index is 10.4. The SMILES string of the molecule is CC.O=S(=O)(O)N(CCO)CCO. The van der Waals surface area contributed by atoms with Gasteiger partial charge in [-0.3, -0.25) is 4.55 Å². The Balaban J connectivity index is 0. The average Bonchev–Trinajstić information content (AvgIpc) is 2.06. The highest BCUT2D eigenvalue weighted by Gasteiger charge is 2.16. The van der Waals surface area contributed by atoms with E-state index < -0.39 is 10.3 Å². The summed E-state index contributed by atoms with van der Waals surface area (Å²) in [5, 5.41) is 16.7. The van der Waals surface area contributed by atoms with E-state index in [2.05, 4.69) is 0 Å². The number of hydrogen-bond acceptors (Lipinski definition) is 4. The molecule has 0 saturated carbocycles. The van der Waals surface area contributed by atoms with Crippen LogP contribution in [-0.4, -0.2) is 53.8 Å². The van der Waals surface area contributed by atoms with Gasteiger partial charge < -0.3 is 10.2 Å². The first-order valence-electron chi connectivity index (χ1n) is 3.96. The standard InChI is InChI=1S/C4H11NO5S.C2H6/c6-3-1-5(2-4-7)11(8,9)10;1-2/h6-7H,1-4H2,(H,8,9,10);1-2H3. The number of nitrogens with zero attached hydrogens (tertiary/aromatic N) is 1. The lowest BCUT2D eigenvalue weighted by Crippen LogP contribution is -2.35. The first-order valence-corrected chi connectivity index (χ1v) is 5.36. The van der Waals surface area contributed by atoms with Gasteiger partial charge >= 0.3 is 10.3 Å². The van der Waals surface area contributed by atoms with Gasteiger partial charge in [0.2, 0.25) is 0 Å². The van der Waals surface area contributed by atoms with Crippen LogP contribution in [0.4, 0.5) is 0 Å². The molecule has 0 aromatic heterocycles. The number of aliphatic hydroxyl groups excluding tert-OH is 2. The lowest BCUT2D eigenvalue weighted by Gasteiger charge is -2.14. The van der Waals surface area contributed by atoms with Gasteiger partial charge in [0.15, 0.2) is 0 Å². The lowest BCUT2D eigenvalue weighted by atomic mass is 10.6. The molecule has 0 amide bonds. The van der Waals surface area contributed by atoms with Gasteiger partial charge in [0.1, 0.15) is 0 Å². The zero-order valence-corrected chi connectivity index (χ0v) is 8.66. The Bertz CT molecular complexity index is 185. The van der Waals surface area contributed by atoms with Crippen molar-refractivity contribution >= 4 is 10.3 Å². The molecule has 0 saturated heterocycles. The number of hydrogen-bond donors (Lipinski definition) is 3. The quantitative estimate of drug-likeness (QED) is 0.516. The first-order chi connectivity index (χ1) is 6.02. The zero-order valence-electron chi connectivity index (χ0n) is 7.84. The van der Waals surface area contributed by atoms with Gasteiger partial charge in [0.25, 0.3) is 0 Å². The lowest BCUT2D eigenvalue weighted by molar-refractivity contribution is 0.208. The van der Waals surface area contributed by atoms with Crippen LogP contribution in [0, 0.1) is 0 Å². The summed E-state index contributed by atoms with van der Waals surface area (Å²) in [5.41, 5.74) is 0. The minimum atomic E-state index is -4.28. The van der Waals surface area contributed by atoms with E-state index in [9.17, 15) is 8.42 Å². The molecule has 0 aliphatic carbocycles. The Morgan fingerprint density at radius 3 is 1.54 bits per heavy atom. The van der Waals surface area contributed by atoms with Gasteiger partial charge in [-0.2, -0.15) is 12.7 Å². The zero-order chi connectivity index (χ0) is 10.9. The predicted molar refractivity (Wildman–Crippen MR) is 48.6 cm³/mol. The molecule has 0 unspecified atom stereocenters.